The van der Waals surface area contributed by atoms with Gasteiger partial charge in [-0.05, 0) is 11.6 Å². The predicted octanol–water partition coefficient (Wildman–Crippen LogP) is 2.81. The van der Waals surface area contributed by atoms with Crippen molar-refractivity contribution in [3.63, 3.8) is 0 Å². The third-order valence-corrected chi connectivity index (χ3v) is 3.47. The van der Waals surface area contributed by atoms with Gasteiger partial charge in [0.15, 0.2) is 5.82 Å². The maximum atomic E-state index is 12.8. The number of anilines is 3. The molecule has 0 saturated carbocycles. The molecule has 0 aliphatic heterocycles. The van der Waals surface area contributed by atoms with Crippen LogP contribution in [-0.4, -0.2) is 44.1 Å². The molecule has 0 saturated heterocycles. The molecule has 0 aliphatic carbocycles. The molecule has 0 spiro atoms. The number of hydrogen-bond acceptors (Lipinski definition) is 5. The molecule has 0 atom stereocenters. The van der Waals surface area contributed by atoms with E-state index in [0.717, 1.165) is 12.1 Å². The van der Waals surface area contributed by atoms with E-state index in [1.807, 2.05) is 0 Å². The number of amides is 1. The van der Waals surface area contributed by atoms with Gasteiger partial charge in [-0.1, -0.05) is 18.2 Å². The van der Waals surface area contributed by atoms with Gasteiger partial charge in [0.05, 0.1) is 18.2 Å². The monoisotopic (exact) mass is 367 g/mol. The van der Waals surface area contributed by atoms with Crippen molar-refractivity contribution < 1.29 is 18.0 Å². The van der Waals surface area contributed by atoms with Gasteiger partial charge in [-0.15, -0.1) is 0 Å². The number of hydrogen-bond donors (Lipinski definition) is 1. The number of alkyl halides is 3. The third-order valence-electron chi connectivity index (χ3n) is 3.47. The van der Waals surface area contributed by atoms with Crippen LogP contribution in [0.2, 0.25) is 0 Å². The number of halogens is 3. The Hall–Kier alpha value is -2.84. The summed E-state index contributed by atoms with van der Waals surface area (Å²) in [4.78, 5) is 24.2. The summed E-state index contributed by atoms with van der Waals surface area (Å²) in [5.74, 6) is 0.527. The summed E-state index contributed by atoms with van der Waals surface area (Å²) in [7, 11) is 7.12. The summed E-state index contributed by atoms with van der Waals surface area (Å²) in [6.45, 7) is 0. The first-order valence-electron chi connectivity index (χ1n) is 7.75. The predicted molar refractivity (Wildman–Crippen MR) is 94.5 cm³/mol. The smallest absolute Gasteiger partial charge is 0.361 e. The average Bonchev–Trinajstić information content (AvgIpc) is 2.54. The van der Waals surface area contributed by atoms with Crippen molar-refractivity contribution in [3.8, 4) is 0 Å². The van der Waals surface area contributed by atoms with Gasteiger partial charge >= 0.3 is 6.18 Å². The molecule has 2 aromatic rings. The van der Waals surface area contributed by atoms with Crippen molar-refractivity contribution in [2.45, 2.75) is 12.6 Å². The number of carbonyl (C=O) groups excluding carboxylic acids is 1. The van der Waals surface area contributed by atoms with E-state index in [-0.39, 0.29) is 12.0 Å². The Morgan fingerprint density at radius 3 is 2.42 bits per heavy atom. The molecule has 0 radical (unpaired) electrons. The lowest BCUT2D eigenvalue weighted by Crippen LogP contribution is -2.21. The Morgan fingerprint density at radius 1 is 1.15 bits per heavy atom. The van der Waals surface area contributed by atoms with Crippen LogP contribution in [0, 0.1) is 0 Å². The molecule has 140 valence electrons. The van der Waals surface area contributed by atoms with E-state index < -0.39 is 17.6 Å². The van der Waals surface area contributed by atoms with Crippen molar-refractivity contribution in [3.05, 3.63) is 41.6 Å². The fraction of sp³-hybridized carbons (Fsp3) is 0.353. The fourth-order valence-corrected chi connectivity index (χ4v) is 2.25. The van der Waals surface area contributed by atoms with Crippen LogP contribution in [0.3, 0.4) is 0 Å². The molecule has 0 fully saturated rings. The van der Waals surface area contributed by atoms with Gasteiger partial charge in [-0.2, -0.15) is 18.2 Å². The Bertz CT molecular complexity index is 790. The first-order valence-corrected chi connectivity index (χ1v) is 7.75. The standard InChI is InChI=1S/C17H20F3N5O/c1-24(2)15-13(10-21-16(23-15)25(3)4)22-14(26)9-11-6-5-7-12(8-11)17(18,19)20/h5-8,10H,9H2,1-4H3,(H,22,26). The van der Waals surface area contributed by atoms with Gasteiger partial charge in [0.2, 0.25) is 11.9 Å². The molecule has 1 heterocycles. The highest BCUT2D eigenvalue weighted by Crippen LogP contribution is 2.30. The molecule has 6 nitrogen and oxygen atoms in total. The molecular formula is C17H20F3N5O. The van der Waals surface area contributed by atoms with Crippen molar-refractivity contribution in [2.75, 3.05) is 43.3 Å². The zero-order valence-corrected chi connectivity index (χ0v) is 14.9. The van der Waals surface area contributed by atoms with Crippen LogP contribution >= 0.6 is 0 Å². The van der Waals surface area contributed by atoms with E-state index in [2.05, 4.69) is 15.3 Å². The number of aromatic nitrogens is 2. The second-order valence-corrected chi connectivity index (χ2v) is 6.12. The largest absolute Gasteiger partial charge is 0.416 e. The van der Waals surface area contributed by atoms with Crippen LogP contribution in [0.4, 0.5) is 30.6 Å². The molecule has 26 heavy (non-hydrogen) atoms. The maximum absolute atomic E-state index is 12.8. The highest BCUT2D eigenvalue weighted by molar-refractivity contribution is 5.94. The molecular weight excluding hydrogens is 347 g/mol. The van der Waals surface area contributed by atoms with Crippen molar-refractivity contribution in [1.29, 1.82) is 0 Å². The molecule has 0 aliphatic rings. The minimum Gasteiger partial charge on any atom is -0.361 e. The van der Waals surface area contributed by atoms with Crippen LogP contribution < -0.4 is 15.1 Å². The number of nitrogens with one attached hydrogen (secondary N) is 1. The lowest BCUT2D eigenvalue weighted by atomic mass is 10.1. The summed E-state index contributed by atoms with van der Waals surface area (Å²) in [6.07, 6.45) is -3.16. The molecule has 1 N–H and O–H groups in total. The molecule has 9 heteroatoms. The van der Waals surface area contributed by atoms with Gasteiger partial charge in [0.1, 0.15) is 5.69 Å². The normalized spacial score (nSPS) is 11.2. The molecule has 0 unspecified atom stereocenters. The first-order chi connectivity index (χ1) is 12.1. The van der Waals surface area contributed by atoms with Crippen molar-refractivity contribution >= 4 is 23.4 Å². The topological polar surface area (TPSA) is 61.4 Å². The van der Waals surface area contributed by atoms with E-state index in [0.29, 0.717) is 17.5 Å². The number of carbonyl (C=O) groups is 1. The summed E-state index contributed by atoms with van der Waals surface area (Å²) in [5, 5.41) is 2.66. The van der Waals surface area contributed by atoms with Crippen molar-refractivity contribution in [2.24, 2.45) is 0 Å². The van der Waals surface area contributed by atoms with Gasteiger partial charge in [0.25, 0.3) is 0 Å². The average molecular weight is 367 g/mol. The van der Waals surface area contributed by atoms with Gasteiger partial charge < -0.3 is 15.1 Å². The zero-order chi connectivity index (χ0) is 19.5. The lowest BCUT2D eigenvalue weighted by Gasteiger charge is -2.19. The van der Waals surface area contributed by atoms with Crippen molar-refractivity contribution in [1.82, 2.24) is 9.97 Å². The maximum Gasteiger partial charge on any atom is 0.416 e. The Balaban J connectivity index is 2.18. The second-order valence-electron chi connectivity index (χ2n) is 6.12. The number of nitrogens with zero attached hydrogens (tertiary/aromatic N) is 4. The van der Waals surface area contributed by atoms with E-state index >= 15 is 0 Å². The van der Waals surface area contributed by atoms with E-state index in [1.54, 1.807) is 38.0 Å². The van der Waals surface area contributed by atoms with E-state index in [1.165, 1.54) is 18.3 Å². The summed E-state index contributed by atoms with van der Waals surface area (Å²) >= 11 is 0. The van der Waals surface area contributed by atoms with Gasteiger partial charge in [0, 0.05) is 28.2 Å². The minimum absolute atomic E-state index is 0.188. The summed E-state index contributed by atoms with van der Waals surface area (Å²) in [6, 6.07) is 4.70. The summed E-state index contributed by atoms with van der Waals surface area (Å²) in [5.41, 5.74) is -0.123. The first kappa shape index (κ1) is 19.5. The van der Waals surface area contributed by atoms with Crippen LogP contribution in [0.25, 0.3) is 0 Å². The summed E-state index contributed by atoms with van der Waals surface area (Å²) < 4.78 is 38.3. The molecule has 1 aromatic carbocycles. The number of benzene rings is 1. The Kier molecular flexibility index (Phi) is 5.69. The second kappa shape index (κ2) is 7.59. The molecule has 1 amide bonds. The Labute approximate surface area is 149 Å². The highest BCUT2D eigenvalue weighted by Gasteiger charge is 2.30. The lowest BCUT2D eigenvalue weighted by molar-refractivity contribution is -0.137. The third kappa shape index (κ3) is 4.84. The zero-order valence-electron chi connectivity index (χ0n) is 14.9. The molecule has 2 rings (SSSR count). The quantitative estimate of drug-likeness (QED) is 0.881. The van der Waals surface area contributed by atoms with Crippen LogP contribution in [-0.2, 0) is 17.4 Å². The highest BCUT2D eigenvalue weighted by atomic mass is 19.4. The molecule has 1 aromatic heterocycles. The molecule has 0 bridgehead atoms. The fourth-order valence-electron chi connectivity index (χ4n) is 2.25. The van der Waals surface area contributed by atoms with E-state index in [4.69, 9.17) is 0 Å². The SMILES string of the molecule is CN(C)c1ncc(NC(=O)Cc2cccc(C(F)(F)F)c2)c(N(C)C)n1. The van der Waals surface area contributed by atoms with Crippen LogP contribution in [0.5, 0.6) is 0 Å². The minimum atomic E-state index is -4.44. The Morgan fingerprint density at radius 2 is 1.85 bits per heavy atom. The van der Waals surface area contributed by atoms with Crippen LogP contribution in [0.15, 0.2) is 30.5 Å². The van der Waals surface area contributed by atoms with Gasteiger partial charge in [-0.25, -0.2) is 4.98 Å². The number of rotatable bonds is 5. The van der Waals surface area contributed by atoms with Crippen LogP contribution in [0.1, 0.15) is 11.1 Å². The van der Waals surface area contributed by atoms with Gasteiger partial charge in [-0.3, -0.25) is 4.79 Å². The van der Waals surface area contributed by atoms with E-state index in [9.17, 15) is 18.0 Å².